The maximum absolute atomic E-state index is 11.3. The molecule has 20 heavy (non-hydrogen) atoms. The van der Waals surface area contributed by atoms with Crippen molar-refractivity contribution in [1.29, 1.82) is 5.26 Å². The minimum Gasteiger partial charge on any atom is -0.462 e. The van der Waals surface area contributed by atoms with Crippen LogP contribution in [0.4, 0.5) is 5.69 Å². The second-order valence-electron chi connectivity index (χ2n) is 3.59. The van der Waals surface area contributed by atoms with Crippen LogP contribution < -0.4 is 0 Å². The van der Waals surface area contributed by atoms with E-state index in [1.165, 1.54) is 24.3 Å². The standard InChI is InChI=1S/C14H12N2O4/c1-2-20-14(17)12(10-15)8-5-7-11-6-3-4-9-13(11)16(18)19/h3-9H,2H2,1H3/b7-5+,12-8+. The van der Waals surface area contributed by atoms with Crippen LogP contribution in [0.15, 0.2) is 42.0 Å². The molecule has 0 aliphatic rings. The van der Waals surface area contributed by atoms with E-state index in [0.29, 0.717) is 5.56 Å². The van der Waals surface area contributed by atoms with Gasteiger partial charge < -0.3 is 4.74 Å². The van der Waals surface area contributed by atoms with E-state index in [1.54, 1.807) is 31.2 Å². The first-order valence-electron chi connectivity index (χ1n) is 5.79. The molecule has 1 aromatic carbocycles. The zero-order valence-corrected chi connectivity index (χ0v) is 10.8. The Hall–Kier alpha value is -2.94. The number of allylic oxidation sites excluding steroid dienone is 2. The Bertz CT molecular complexity index is 612. The van der Waals surface area contributed by atoms with Gasteiger partial charge in [0.25, 0.3) is 5.69 Å². The summed E-state index contributed by atoms with van der Waals surface area (Å²) in [7, 11) is 0. The predicted octanol–water partition coefficient (Wildman–Crippen LogP) is 2.62. The average Bonchev–Trinajstić information content (AvgIpc) is 2.44. The van der Waals surface area contributed by atoms with Crippen molar-refractivity contribution in [2.24, 2.45) is 0 Å². The van der Waals surface area contributed by atoms with Crippen LogP contribution in [0.25, 0.3) is 6.08 Å². The first-order chi connectivity index (χ1) is 9.60. The molecule has 0 amide bonds. The van der Waals surface area contributed by atoms with Gasteiger partial charge in [0.2, 0.25) is 0 Å². The van der Waals surface area contributed by atoms with Crippen molar-refractivity contribution in [3.63, 3.8) is 0 Å². The van der Waals surface area contributed by atoms with Gasteiger partial charge in [-0.3, -0.25) is 10.1 Å². The molecule has 0 atom stereocenters. The van der Waals surface area contributed by atoms with Gasteiger partial charge in [0, 0.05) is 6.07 Å². The van der Waals surface area contributed by atoms with Gasteiger partial charge in [0.05, 0.1) is 17.1 Å². The average molecular weight is 272 g/mol. The summed E-state index contributed by atoms with van der Waals surface area (Å²) in [6.07, 6.45) is 4.11. The van der Waals surface area contributed by atoms with Crippen LogP contribution in [0.1, 0.15) is 12.5 Å². The summed E-state index contributed by atoms with van der Waals surface area (Å²) >= 11 is 0. The Kier molecular flexibility index (Phi) is 5.66. The lowest BCUT2D eigenvalue weighted by Gasteiger charge is -1.98. The highest BCUT2D eigenvalue weighted by Gasteiger charge is 2.10. The number of esters is 1. The van der Waals surface area contributed by atoms with Crippen molar-refractivity contribution >= 4 is 17.7 Å². The summed E-state index contributed by atoms with van der Waals surface area (Å²) in [4.78, 5) is 21.6. The summed E-state index contributed by atoms with van der Waals surface area (Å²) in [5.74, 6) is -0.720. The summed E-state index contributed by atoms with van der Waals surface area (Å²) in [5.41, 5.74) is 0.170. The third-order valence-electron chi connectivity index (χ3n) is 2.29. The van der Waals surface area contributed by atoms with Gasteiger partial charge in [-0.05, 0) is 25.1 Å². The zero-order chi connectivity index (χ0) is 15.0. The number of nitrogens with zero attached hydrogens (tertiary/aromatic N) is 2. The molecule has 0 fully saturated rings. The molecule has 1 rings (SSSR count). The lowest BCUT2D eigenvalue weighted by Crippen LogP contribution is -2.05. The molecule has 1 aromatic rings. The molecule has 0 aromatic heterocycles. The third kappa shape index (κ3) is 4.07. The molecule has 0 unspecified atom stereocenters. The smallest absolute Gasteiger partial charge is 0.348 e. The van der Waals surface area contributed by atoms with E-state index in [4.69, 9.17) is 5.26 Å². The van der Waals surface area contributed by atoms with E-state index in [0.717, 1.165) is 0 Å². The first-order valence-corrected chi connectivity index (χ1v) is 5.79. The maximum Gasteiger partial charge on any atom is 0.348 e. The molecule has 0 spiro atoms. The van der Waals surface area contributed by atoms with Crippen LogP contribution in [0, 0.1) is 21.4 Å². The van der Waals surface area contributed by atoms with Gasteiger partial charge in [0.15, 0.2) is 0 Å². The molecule has 6 heteroatoms. The van der Waals surface area contributed by atoms with Gasteiger partial charge >= 0.3 is 5.97 Å². The van der Waals surface area contributed by atoms with Crippen LogP contribution in [-0.4, -0.2) is 17.5 Å². The highest BCUT2D eigenvalue weighted by atomic mass is 16.6. The number of benzene rings is 1. The van der Waals surface area contributed by atoms with Gasteiger partial charge in [0.1, 0.15) is 11.6 Å². The number of hydrogen-bond acceptors (Lipinski definition) is 5. The number of ether oxygens (including phenoxy) is 1. The number of hydrogen-bond donors (Lipinski definition) is 0. The molecular weight excluding hydrogens is 260 g/mol. The minimum absolute atomic E-state index is 0.0493. The van der Waals surface area contributed by atoms with E-state index in [2.05, 4.69) is 4.74 Å². The fourth-order valence-corrected chi connectivity index (χ4v) is 1.40. The number of carbonyl (C=O) groups is 1. The van der Waals surface area contributed by atoms with Gasteiger partial charge in [-0.2, -0.15) is 5.26 Å². The molecule has 0 saturated heterocycles. The van der Waals surface area contributed by atoms with Crippen LogP contribution in [0.5, 0.6) is 0 Å². The normalized spacial score (nSPS) is 11.1. The van der Waals surface area contributed by atoms with Crippen molar-refractivity contribution in [3.8, 4) is 6.07 Å². The second-order valence-corrected chi connectivity index (χ2v) is 3.59. The fourth-order valence-electron chi connectivity index (χ4n) is 1.40. The number of nitro benzene ring substituents is 1. The number of carbonyl (C=O) groups excluding carboxylic acids is 1. The van der Waals surface area contributed by atoms with E-state index in [-0.39, 0.29) is 17.9 Å². The SMILES string of the molecule is CCOC(=O)/C(C#N)=C/C=C/c1ccccc1[N+](=O)[O-]. The first kappa shape index (κ1) is 15.1. The Morgan fingerprint density at radius 1 is 1.50 bits per heavy atom. The van der Waals surface area contributed by atoms with Crippen molar-refractivity contribution in [1.82, 2.24) is 0 Å². The molecule has 0 N–H and O–H groups in total. The summed E-state index contributed by atoms with van der Waals surface area (Å²) in [6, 6.07) is 7.87. The summed E-state index contributed by atoms with van der Waals surface area (Å²) in [6.45, 7) is 1.81. The lowest BCUT2D eigenvalue weighted by atomic mass is 10.1. The van der Waals surface area contributed by atoms with E-state index in [9.17, 15) is 14.9 Å². The van der Waals surface area contributed by atoms with E-state index >= 15 is 0 Å². The molecule has 0 aliphatic heterocycles. The van der Waals surface area contributed by atoms with Gasteiger partial charge in [-0.25, -0.2) is 4.79 Å². The maximum atomic E-state index is 11.3. The van der Waals surface area contributed by atoms with Crippen molar-refractivity contribution < 1.29 is 14.5 Å². The van der Waals surface area contributed by atoms with Crippen LogP contribution in [0.3, 0.4) is 0 Å². The molecule has 0 saturated carbocycles. The third-order valence-corrected chi connectivity index (χ3v) is 2.29. The minimum atomic E-state index is -0.720. The Morgan fingerprint density at radius 3 is 2.80 bits per heavy atom. The van der Waals surface area contributed by atoms with Crippen molar-refractivity contribution in [2.45, 2.75) is 6.92 Å². The van der Waals surface area contributed by atoms with Gasteiger partial charge in [-0.1, -0.05) is 18.2 Å². The number of para-hydroxylation sites is 1. The summed E-state index contributed by atoms with van der Waals surface area (Å²) in [5, 5.41) is 19.6. The van der Waals surface area contributed by atoms with Crippen molar-refractivity contribution in [3.05, 3.63) is 57.7 Å². The monoisotopic (exact) mass is 272 g/mol. The lowest BCUT2D eigenvalue weighted by molar-refractivity contribution is -0.385. The molecule has 6 nitrogen and oxygen atoms in total. The van der Waals surface area contributed by atoms with E-state index in [1.807, 2.05) is 0 Å². The zero-order valence-electron chi connectivity index (χ0n) is 10.8. The number of nitriles is 1. The number of rotatable bonds is 5. The van der Waals surface area contributed by atoms with Crippen LogP contribution in [0.2, 0.25) is 0 Å². The van der Waals surface area contributed by atoms with Crippen molar-refractivity contribution in [2.75, 3.05) is 6.61 Å². The topological polar surface area (TPSA) is 93.2 Å². The predicted molar refractivity (Wildman–Crippen MR) is 72.5 cm³/mol. The molecule has 102 valence electrons. The molecule has 0 bridgehead atoms. The quantitative estimate of drug-likeness (QED) is 0.205. The molecule has 0 radical (unpaired) electrons. The largest absolute Gasteiger partial charge is 0.462 e. The van der Waals surface area contributed by atoms with E-state index < -0.39 is 10.9 Å². The van der Waals surface area contributed by atoms with Crippen LogP contribution >= 0.6 is 0 Å². The molecule has 0 heterocycles. The Labute approximate surface area is 115 Å². The van der Waals surface area contributed by atoms with Gasteiger partial charge in [-0.15, -0.1) is 0 Å². The molecular formula is C14H12N2O4. The summed E-state index contributed by atoms with van der Waals surface area (Å²) < 4.78 is 4.69. The highest BCUT2D eigenvalue weighted by Crippen LogP contribution is 2.19. The second kappa shape index (κ2) is 7.48. The highest BCUT2D eigenvalue weighted by molar-refractivity contribution is 5.93. The van der Waals surface area contributed by atoms with Crippen LogP contribution in [-0.2, 0) is 9.53 Å². The fraction of sp³-hybridized carbons (Fsp3) is 0.143. The Balaban J connectivity index is 2.96. The Morgan fingerprint density at radius 2 is 2.20 bits per heavy atom. The molecule has 0 aliphatic carbocycles. The number of nitro groups is 1.